The van der Waals surface area contributed by atoms with Crippen LogP contribution in [0.5, 0.6) is 0 Å². The van der Waals surface area contributed by atoms with Crippen molar-refractivity contribution in [3.8, 4) is 0 Å². The average molecular weight is 211 g/mol. The molecule has 0 aromatic heterocycles. The topological polar surface area (TPSA) is 44.5 Å². The minimum absolute atomic E-state index is 0.275. The molecule has 2 rings (SSSR count). The second-order valence-electron chi connectivity index (χ2n) is 3.53. The smallest absolute Gasteiger partial charge is 0.159 e. The lowest BCUT2D eigenvalue weighted by Crippen LogP contribution is -2.20. The number of benzene rings is 1. The molecule has 1 aliphatic heterocycles. The third kappa shape index (κ3) is 2.53. The molecule has 1 saturated heterocycles. The molecule has 0 amide bonds. The summed E-state index contributed by atoms with van der Waals surface area (Å²) >= 11 is 0. The Balaban J connectivity index is 2.00. The van der Waals surface area contributed by atoms with E-state index >= 15 is 0 Å². The van der Waals surface area contributed by atoms with Crippen LogP contribution in [0.2, 0.25) is 0 Å². The van der Waals surface area contributed by atoms with E-state index in [2.05, 4.69) is 0 Å². The van der Waals surface area contributed by atoms with E-state index in [4.69, 9.17) is 15.2 Å². The Morgan fingerprint density at radius 2 is 2.00 bits per heavy atom. The molecule has 15 heavy (non-hydrogen) atoms. The summed E-state index contributed by atoms with van der Waals surface area (Å²) < 4.78 is 23.9. The van der Waals surface area contributed by atoms with E-state index < -0.39 is 0 Å². The number of halogens is 1. The number of nitrogens with two attached hydrogens (primary N) is 1. The van der Waals surface area contributed by atoms with Crippen molar-refractivity contribution in [3.05, 3.63) is 35.6 Å². The highest BCUT2D eigenvalue weighted by molar-refractivity contribution is 5.20. The zero-order valence-electron chi connectivity index (χ0n) is 8.36. The average Bonchev–Trinajstić information content (AvgIpc) is 2.71. The van der Waals surface area contributed by atoms with E-state index in [1.165, 1.54) is 6.07 Å². The van der Waals surface area contributed by atoms with Gasteiger partial charge in [-0.15, -0.1) is 0 Å². The van der Waals surface area contributed by atoms with Gasteiger partial charge in [0.05, 0.1) is 13.2 Å². The summed E-state index contributed by atoms with van der Waals surface area (Å²) in [6.45, 7) is 1.18. The first-order valence-corrected chi connectivity index (χ1v) is 5.00. The van der Waals surface area contributed by atoms with Crippen molar-refractivity contribution in [1.29, 1.82) is 0 Å². The van der Waals surface area contributed by atoms with Gasteiger partial charge in [-0.2, -0.15) is 0 Å². The largest absolute Gasteiger partial charge is 0.350 e. The third-order valence-corrected chi connectivity index (χ3v) is 2.44. The summed E-state index contributed by atoms with van der Waals surface area (Å²) in [4.78, 5) is 0. The SMILES string of the molecule is NC(CC1OCCO1)c1ccccc1F. The lowest BCUT2D eigenvalue weighted by Gasteiger charge is -2.16. The second kappa shape index (κ2) is 4.70. The summed E-state index contributed by atoms with van der Waals surface area (Å²) in [5, 5.41) is 0. The fourth-order valence-electron chi connectivity index (χ4n) is 1.65. The number of hydrogen-bond acceptors (Lipinski definition) is 3. The van der Waals surface area contributed by atoms with Gasteiger partial charge in [0, 0.05) is 18.0 Å². The van der Waals surface area contributed by atoms with Gasteiger partial charge in [-0.25, -0.2) is 4.39 Å². The second-order valence-corrected chi connectivity index (χ2v) is 3.53. The summed E-state index contributed by atoms with van der Waals surface area (Å²) in [5.74, 6) is -0.275. The highest BCUT2D eigenvalue weighted by atomic mass is 19.1. The van der Waals surface area contributed by atoms with Crippen molar-refractivity contribution in [2.45, 2.75) is 18.8 Å². The van der Waals surface area contributed by atoms with E-state index in [0.717, 1.165) is 0 Å². The third-order valence-electron chi connectivity index (χ3n) is 2.44. The standard InChI is InChI=1S/C11H14FNO2/c12-9-4-2-1-3-8(9)10(13)7-11-14-5-6-15-11/h1-4,10-11H,5-7,13H2. The molecule has 0 bridgehead atoms. The van der Waals surface area contributed by atoms with Crippen molar-refractivity contribution < 1.29 is 13.9 Å². The zero-order chi connectivity index (χ0) is 10.7. The van der Waals surface area contributed by atoms with Crippen LogP contribution in [-0.4, -0.2) is 19.5 Å². The van der Waals surface area contributed by atoms with Crippen molar-refractivity contribution in [1.82, 2.24) is 0 Å². The molecule has 0 saturated carbocycles. The first kappa shape index (κ1) is 10.5. The van der Waals surface area contributed by atoms with Crippen LogP contribution in [0.25, 0.3) is 0 Å². The molecule has 1 unspecified atom stereocenters. The number of hydrogen-bond donors (Lipinski definition) is 1. The van der Waals surface area contributed by atoms with Crippen LogP contribution in [0.4, 0.5) is 4.39 Å². The Kier molecular flexibility index (Phi) is 3.30. The predicted octanol–water partition coefficient (Wildman–Crippen LogP) is 1.59. The molecule has 1 heterocycles. The maximum Gasteiger partial charge on any atom is 0.159 e. The van der Waals surface area contributed by atoms with E-state index in [1.807, 2.05) is 0 Å². The van der Waals surface area contributed by atoms with Crippen LogP contribution in [0.15, 0.2) is 24.3 Å². The van der Waals surface area contributed by atoms with E-state index in [1.54, 1.807) is 18.2 Å². The Bertz CT molecular complexity index is 326. The van der Waals surface area contributed by atoms with Gasteiger partial charge in [-0.05, 0) is 6.07 Å². The molecular formula is C11H14FNO2. The van der Waals surface area contributed by atoms with Crippen molar-refractivity contribution in [2.24, 2.45) is 5.73 Å². The fraction of sp³-hybridized carbons (Fsp3) is 0.455. The van der Waals surface area contributed by atoms with Crippen molar-refractivity contribution >= 4 is 0 Å². The quantitative estimate of drug-likeness (QED) is 0.825. The zero-order valence-corrected chi connectivity index (χ0v) is 8.36. The van der Waals surface area contributed by atoms with Crippen LogP contribution >= 0.6 is 0 Å². The van der Waals surface area contributed by atoms with E-state index in [0.29, 0.717) is 25.2 Å². The molecular weight excluding hydrogens is 197 g/mol. The molecule has 0 aliphatic carbocycles. The van der Waals surface area contributed by atoms with Gasteiger partial charge in [0.1, 0.15) is 5.82 Å². The van der Waals surface area contributed by atoms with Gasteiger partial charge >= 0.3 is 0 Å². The minimum Gasteiger partial charge on any atom is -0.350 e. The summed E-state index contributed by atoms with van der Waals surface area (Å²) in [6.07, 6.45) is 0.195. The molecule has 1 aromatic rings. The van der Waals surface area contributed by atoms with Gasteiger partial charge in [0.15, 0.2) is 6.29 Å². The highest BCUT2D eigenvalue weighted by Crippen LogP contribution is 2.22. The molecule has 0 radical (unpaired) electrons. The van der Waals surface area contributed by atoms with Crippen LogP contribution in [0.3, 0.4) is 0 Å². The van der Waals surface area contributed by atoms with Crippen molar-refractivity contribution in [2.75, 3.05) is 13.2 Å². The summed E-state index contributed by atoms with van der Waals surface area (Å²) in [5.41, 5.74) is 6.39. The van der Waals surface area contributed by atoms with Gasteiger partial charge in [0.2, 0.25) is 0 Å². The van der Waals surface area contributed by atoms with E-state index in [9.17, 15) is 4.39 Å². The molecule has 1 aromatic carbocycles. The Morgan fingerprint density at radius 3 is 2.67 bits per heavy atom. The maximum absolute atomic E-state index is 13.4. The lowest BCUT2D eigenvalue weighted by atomic mass is 10.0. The predicted molar refractivity (Wildman–Crippen MR) is 53.6 cm³/mol. The van der Waals surface area contributed by atoms with Gasteiger partial charge in [0.25, 0.3) is 0 Å². The molecule has 0 spiro atoms. The maximum atomic E-state index is 13.4. The van der Waals surface area contributed by atoms with Crippen LogP contribution in [-0.2, 0) is 9.47 Å². The minimum atomic E-state index is -0.380. The molecule has 1 fully saturated rings. The highest BCUT2D eigenvalue weighted by Gasteiger charge is 2.21. The normalized spacial score (nSPS) is 19.3. The van der Waals surface area contributed by atoms with Crippen LogP contribution in [0, 0.1) is 5.82 Å². The lowest BCUT2D eigenvalue weighted by molar-refractivity contribution is -0.0509. The Hall–Kier alpha value is -0.970. The van der Waals surface area contributed by atoms with Gasteiger partial charge in [-0.3, -0.25) is 0 Å². The fourth-order valence-corrected chi connectivity index (χ4v) is 1.65. The van der Waals surface area contributed by atoms with Gasteiger partial charge < -0.3 is 15.2 Å². The first-order chi connectivity index (χ1) is 7.27. The number of ether oxygens (including phenoxy) is 2. The van der Waals surface area contributed by atoms with E-state index in [-0.39, 0.29) is 18.1 Å². The van der Waals surface area contributed by atoms with Crippen molar-refractivity contribution in [3.63, 3.8) is 0 Å². The molecule has 2 N–H and O–H groups in total. The molecule has 3 nitrogen and oxygen atoms in total. The number of rotatable bonds is 3. The molecule has 1 aliphatic rings. The summed E-state index contributed by atoms with van der Waals surface area (Å²) in [6, 6.07) is 6.14. The van der Waals surface area contributed by atoms with Crippen LogP contribution < -0.4 is 5.73 Å². The van der Waals surface area contributed by atoms with Gasteiger partial charge in [-0.1, -0.05) is 18.2 Å². The first-order valence-electron chi connectivity index (χ1n) is 5.00. The Labute approximate surface area is 88.0 Å². The Morgan fingerprint density at radius 1 is 1.33 bits per heavy atom. The molecule has 4 heteroatoms. The molecule has 82 valence electrons. The summed E-state index contributed by atoms with van der Waals surface area (Å²) in [7, 11) is 0. The molecule has 1 atom stereocenters. The van der Waals surface area contributed by atoms with Crippen LogP contribution in [0.1, 0.15) is 18.0 Å². The monoisotopic (exact) mass is 211 g/mol.